The van der Waals surface area contributed by atoms with Gasteiger partial charge in [-0.1, -0.05) is 34.6 Å². The topological polar surface area (TPSA) is 40.6 Å². The molecule has 0 radical (unpaired) electrons. The Morgan fingerprint density at radius 3 is 1.95 bits per heavy atom. The lowest BCUT2D eigenvalue weighted by molar-refractivity contribution is -0.136. The van der Waals surface area contributed by atoms with E-state index in [1.807, 2.05) is 4.90 Å². The van der Waals surface area contributed by atoms with E-state index in [4.69, 9.17) is 0 Å². The molecule has 1 heterocycles. The molecule has 5 heteroatoms. The third-order valence-electron chi connectivity index (χ3n) is 3.71. The molecule has 0 spiro atoms. The van der Waals surface area contributed by atoms with Crippen molar-refractivity contribution >= 4 is 11.9 Å². The van der Waals surface area contributed by atoms with Crippen molar-refractivity contribution in [1.29, 1.82) is 0 Å². The number of rotatable bonds is 5. The first kappa shape index (κ1) is 18.1. The SMILES string of the molecule is CC(C)(C)CC(C)(C)CC(=O)N1CCN(CC(=O)F)CC1. The van der Waals surface area contributed by atoms with Gasteiger partial charge in [-0.2, -0.15) is 4.39 Å². The van der Waals surface area contributed by atoms with Crippen LogP contribution in [0.2, 0.25) is 0 Å². The predicted molar refractivity (Wildman–Crippen MR) is 81.6 cm³/mol. The highest BCUT2D eigenvalue weighted by atomic mass is 19.1. The van der Waals surface area contributed by atoms with Crippen LogP contribution in [-0.2, 0) is 9.59 Å². The average molecular weight is 300 g/mol. The van der Waals surface area contributed by atoms with Gasteiger partial charge in [-0.25, -0.2) is 0 Å². The van der Waals surface area contributed by atoms with E-state index in [-0.39, 0.29) is 23.3 Å². The van der Waals surface area contributed by atoms with Gasteiger partial charge in [0.05, 0.1) is 6.54 Å². The Morgan fingerprint density at radius 1 is 1.00 bits per heavy atom. The second-order valence-electron chi connectivity index (χ2n) is 8.09. The fourth-order valence-corrected chi connectivity index (χ4v) is 3.35. The molecule has 1 amide bonds. The Hall–Kier alpha value is -0.970. The molecule has 122 valence electrons. The number of halogens is 1. The maximum atomic E-state index is 12.4. The van der Waals surface area contributed by atoms with Gasteiger partial charge in [0.15, 0.2) is 0 Å². The molecule has 0 N–H and O–H groups in total. The fourth-order valence-electron chi connectivity index (χ4n) is 3.35. The molecule has 0 aromatic heterocycles. The van der Waals surface area contributed by atoms with Crippen molar-refractivity contribution in [3.63, 3.8) is 0 Å². The van der Waals surface area contributed by atoms with Crippen molar-refractivity contribution in [2.24, 2.45) is 10.8 Å². The quantitative estimate of drug-likeness (QED) is 0.732. The van der Waals surface area contributed by atoms with E-state index in [0.717, 1.165) is 6.42 Å². The second kappa shape index (κ2) is 6.86. The summed E-state index contributed by atoms with van der Waals surface area (Å²) in [4.78, 5) is 26.4. The molecule has 1 rings (SSSR count). The van der Waals surface area contributed by atoms with Crippen LogP contribution in [0.3, 0.4) is 0 Å². The Balaban J connectivity index is 2.45. The van der Waals surface area contributed by atoms with E-state index in [9.17, 15) is 14.0 Å². The summed E-state index contributed by atoms with van der Waals surface area (Å²) in [6.07, 6.45) is 1.52. The van der Waals surface area contributed by atoms with Crippen LogP contribution in [0, 0.1) is 10.8 Å². The first-order valence-corrected chi connectivity index (χ1v) is 7.67. The van der Waals surface area contributed by atoms with Gasteiger partial charge in [-0.05, 0) is 17.3 Å². The number of carbonyl (C=O) groups is 2. The third kappa shape index (κ3) is 7.02. The lowest BCUT2D eigenvalue weighted by atomic mass is 9.74. The number of hydrogen-bond donors (Lipinski definition) is 0. The van der Waals surface area contributed by atoms with Crippen LogP contribution in [0.1, 0.15) is 47.5 Å². The van der Waals surface area contributed by atoms with Gasteiger partial charge in [0.1, 0.15) is 0 Å². The molecule has 0 aliphatic carbocycles. The van der Waals surface area contributed by atoms with Gasteiger partial charge < -0.3 is 4.90 Å². The van der Waals surface area contributed by atoms with E-state index in [0.29, 0.717) is 32.6 Å². The molecule has 1 aliphatic rings. The van der Waals surface area contributed by atoms with Gasteiger partial charge in [-0.3, -0.25) is 14.5 Å². The molecule has 0 saturated carbocycles. The largest absolute Gasteiger partial charge is 0.340 e. The first-order valence-electron chi connectivity index (χ1n) is 7.67. The maximum Gasteiger partial charge on any atom is 0.315 e. The van der Waals surface area contributed by atoms with Crippen LogP contribution in [0.15, 0.2) is 0 Å². The van der Waals surface area contributed by atoms with Gasteiger partial charge in [0.2, 0.25) is 5.91 Å². The van der Waals surface area contributed by atoms with E-state index in [2.05, 4.69) is 34.6 Å². The fraction of sp³-hybridized carbons (Fsp3) is 0.875. The Morgan fingerprint density at radius 2 is 1.52 bits per heavy atom. The van der Waals surface area contributed by atoms with Crippen LogP contribution in [-0.4, -0.2) is 54.5 Å². The summed E-state index contributed by atoms with van der Waals surface area (Å²) in [7, 11) is 0. The number of piperazine rings is 1. The minimum atomic E-state index is -1.30. The molecule has 0 aromatic carbocycles. The molecule has 4 nitrogen and oxygen atoms in total. The van der Waals surface area contributed by atoms with Gasteiger partial charge in [0.25, 0.3) is 0 Å². The monoisotopic (exact) mass is 300 g/mol. The van der Waals surface area contributed by atoms with Crippen LogP contribution < -0.4 is 0 Å². The number of hydrogen-bond acceptors (Lipinski definition) is 3. The smallest absolute Gasteiger partial charge is 0.315 e. The summed E-state index contributed by atoms with van der Waals surface area (Å²) in [5, 5.41) is 0. The van der Waals surface area contributed by atoms with E-state index in [1.54, 1.807) is 4.90 Å². The summed E-state index contributed by atoms with van der Waals surface area (Å²) in [5.41, 5.74) is 0.172. The average Bonchev–Trinajstić information content (AvgIpc) is 2.24. The molecule has 0 unspecified atom stereocenters. The van der Waals surface area contributed by atoms with Crippen molar-refractivity contribution in [1.82, 2.24) is 9.80 Å². The lowest BCUT2D eigenvalue weighted by Gasteiger charge is -2.37. The molecule has 21 heavy (non-hydrogen) atoms. The number of carbonyl (C=O) groups excluding carboxylic acids is 2. The summed E-state index contributed by atoms with van der Waals surface area (Å²) in [6, 6.07) is -1.30. The molecule has 1 fully saturated rings. The van der Waals surface area contributed by atoms with Crippen LogP contribution in [0.5, 0.6) is 0 Å². The minimum Gasteiger partial charge on any atom is -0.340 e. The highest BCUT2D eigenvalue weighted by Crippen LogP contribution is 2.36. The molecule has 0 aromatic rings. The zero-order chi connectivity index (χ0) is 16.3. The molecular formula is C16H29FN2O2. The Kier molecular flexibility index (Phi) is 5.91. The highest BCUT2D eigenvalue weighted by Gasteiger charge is 2.31. The molecule has 0 atom stereocenters. The van der Waals surface area contributed by atoms with Gasteiger partial charge in [0, 0.05) is 32.6 Å². The van der Waals surface area contributed by atoms with Crippen LogP contribution >= 0.6 is 0 Å². The highest BCUT2D eigenvalue weighted by molar-refractivity contribution is 5.77. The molecular weight excluding hydrogens is 271 g/mol. The van der Waals surface area contributed by atoms with Crippen molar-refractivity contribution in [3.05, 3.63) is 0 Å². The third-order valence-corrected chi connectivity index (χ3v) is 3.71. The lowest BCUT2D eigenvalue weighted by Crippen LogP contribution is -2.50. The standard InChI is InChI=1S/C16H29FN2O2/c1-15(2,3)12-16(4,5)10-14(21)19-8-6-18(7-9-19)11-13(17)20/h6-12H2,1-5H3. The van der Waals surface area contributed by atoms with Crippen molar-refractivity contribution in [2.75, 3.05) is 32.7 Å². The summed E-state index contributed by atoms with van der Waals surface area (Å²) in [5.74, 6) is 0.162. The maximum absolute atomic E-state index is 12.4. The van der Waals surface area contributed by atoms with Gasteiger partial charge in [-0.15, -0.1) is 0 Å². The van der Waals surface area contributed by atoms with E-state index >= 15 is 0 Å². The van der Waals surface area contributed by atoms with Crippen molar-refractivity contribution in [3.8, 4) is 0 Å². The predicted octanol–water partition coefficient (Wildman–Crippen LogP) is 2.48. The van der Waals surface area contributed by atoms with Gasteiger partial charge >= 0.3 is 6.04 Å². The molecule has 1 aliphatic heterocycles. The van der Waals surface area contributed by atoms with E-state index < -0.39 is 6.04 Å². The Labute approximate surface area is 127 Å². The zero-order valence-corrected chi connectivity index (χ0v) is 14.0. The van der Waals surface area contributed by atoms with Crippen LogP contribution in [0.4, 0.5) is 4.39 Å². The Bertz CT molecular complexity index is 380. The summed E-state index contributed by atoms with van der Waals surface area (Å²) < 4.78 is 12.4. The molecule has 0 bridgehead atoms. The van der Waals surface area contributed by atoms with E-state index in [1.165, 1.54) is 0 Å². The normalized spacial score (nSPS) is 17.9. The first-order chi connectivity index (χ1) is 9.48. The molecule has 1 saturated heterocycles. The minimum absolute atomic E-state index is 0.0264. The number of amides is 1. The summed E-state index contributed by atoms with van der Waals surface area (Å²) in [6.45, 7) is 13.0. The van der Waals surface area contributed by atoms with Crippen LogP contribution in [0.25, 0.3) is 0 Å². The van der Waals surface area contributed by atoms with Crippen molar-refractivity contribution in [2.45, 2.75) is 47.5 Å². The zero-order valence-electron chi connectivity index (χ0n) is 14.0. The summed E-state index contributed by atoms with van der Waals surface area (Å²) >= 11 is 0. The second-order valence-corrected chi connectivity index (χ2v) is 8.09. The van der Waals surface area contributed by atoms with Crippen molar-refractivity contribution < 1.29 is 14.0 Å². The number of nitrogens with zero attached hydrogens (tertiary/aromatic N) is 2.